The van der Waals surface area contributed by atoms with Crippen LogP contribution in [0, 0.1) is 0 Å². The second-order valence-corrected chi connectivity index (χ2v) is 4.46. The van der Waals surface area contributed by atoms with Crippen molar-refractivity contribution in [3.05, 3.63) is 54.4 Å². The van der Waals surface area contributed by atoms with Gasteiger partial charge in [0, 0.05) is 11.8 Å². The van der Waals surface area contributed by atoms with Crippen LogP contribution in [0.1, 0.15) is 5.69 Å². The number of para-hydroxylation sites is 1. The van der Waals surface area contributed by atoms with Crippen molar-refractivity contribution in [1.82, 2.24) is 9.38 Å². The Balaban J connectivity index is 2.23. The molecule has 2 heterocycles. The van der Waals surface area contributed by atoms with Crippen LogP contribution in [0.5, 0.6) is 5.75 Å². The van der Waals surface area contributed by atoms with Gasteiger partial charge in [-0.15, -0.1) is 0 Å². The van der Waals surface area contributed by atoms with Crippen LogP contribution in [0.2, 0.25) is 0 Å². The van der Waals surface area contributed by atoms with Crippen LogP contribution in [-0.2, 0) is 6.18 Å². The summed E-state index contributed by atoms with van der Waals surface area (Å²) in [6.45, 7) is 0. The Labute approximate surface area is 118 Å². The Hall–Kier alpha value is -2.50. The largest absolute Gasteiger partial charge is 0.496 e. The topological polar surface area (TPSA) is 26.5 Å². The first-order chi connectivity index (χ1) is 10.0. The molecule has 0 saturated carbocycles. The van der Waals surface area contributed by atoms with Crippen molar-refractivity contribution in [2.75, 3.05) is 7.11 Å². The fourth-order valence-corrected chi connectivity index (χ4v) is 2.23. The van der Waals surface area contributed by atoms with Gasteiger partial charge in [0.15, 0.2) is 0 Å². The number of benzene rings is 1. The molecule has 21 heavy (non-hydrogen) atoms. The summed E-state index contributed by atoms with van der Waals surface area (Å²) in [5.74, 6) is 0.564. The van der Waals surface area contributed by atoms with Crippen molar-refractivity contribution in [3.8, 4) is 17.0 Å². The molecule has 0 radical (unpaired) electrons. The molecule has 0 fully saturated rings. The van der Waals surface area contributed by atoms with Gasteiger partial charge >= 0.3 is 6.18 Å². The van der Waals surface area contributed by atoms with Crippen LogP contribution in [0.4, 0.5) is 13.2 Å². The highest BCUT2D eigenvalue weighted by molar-refractivity contribution is 5.69. The molecule has 0 saturated heterocycles. The number of rotatable bonds is 2. The molecule has 0 spiro atoms. The van der Waals surface area contributed by atoms with Gasteiger partial charge < -0.3 is 4.74 Å². The highest BCUT2D eigenvalue weighted by Gasteiger charge is 2.33. The third kappa shape index (κ3) is 2.33. The molecule has 0 aliphatic carbocycles. The van der Waals surface area contributed by atoms with Gasteiger partial charge in [0.1, 0.15) is 17.1 Å². The zero-order chi connectivity index (χ0) is 15.0. The first-order valence-electron chi connectivity index (χ1n) is 6.19. The van der Waals surface area contributed by atoms with E-state index in [0.29, 0.717) is 17.0 Å². The lowest BCUT2D eigenvalue weighted by Crippen LogP contribution is -2.10. The highest BCUT2D eigenvalue weighted by atomic mass is 19.4. The summed E-state index contributed by atoms with van der Waals surface area (Å²) in [6, 6.07) is 11.0. The van der Waals surface area contributed by atoms with Gasteiger partial charge in [-0.1, -0.05) is 18.2 Å². The fraction of sp³-hybridized carbons (Fsp3) is 0.133. The number of hydrogen-bond acceptors (Lipinski definition) is 2. The van der Waals surface area contributed by atoms with E-state index in [-0.39, 0.29) is 5.65 Å². The predicted molar refractivity (Wildman–Crippen MR) is 72.2 cm³/mol. The minimum absolute atomic E-state index is 0.241. The maximum absolute atomic E-state index is 13.0. The molecule has 3 aromatic rings. The fourth-order valence-electron chi connectivity index (χ4n) is 2.23. The van der Waals surface area contributed by atoms with Crippen LogP contribution in [0.25, 0.3) is 16.9 Å². The summed E-state index contributed by atoms with van der Waals surface area (Å²) in [7, 11) is 1.51. The molecule has 1 aromatic carbocycles. The second kappa shape index (κ2) is 4.80. The SMILES string of the molecule is COc1ccccc1-c1cn2c(C(F)(F)F)cccc2n1. The molecule has 6 heteroatoms. The molecule has 108 valence electrons. The van der Waals surface area contributed by atoms with Crippen molar-refractivity contribution in [1.29, 1.82) is 0 Å². The van der Waals surface area contributed by atoms with E-state index in [1.54, 1.807) is 24.3 Å². The zero-order valence-electron chi connectivity index (χ0n) is 11.1. The van der Waals surface area contributed by atoms with Gasteiger partial charge in [-0.25, -0.2) is 4.98 Å². The lowest BCUT2D eigenvalue weighted by atomic mass is 10.1. The average Bonchev–Trinajstić information content (AvgIpc) is 2.89. The van der Waals surface area contributed by atoms with E-state index in [0.717, 1.165) is 10.5 Å². The summed E-state index contributed by atoms with van der Waals surface area (Å²) < 4.78 is 45.3. The number of halogens is 3. The Bertz CT molecular complexity index is 793. The highest BCUT2D eigenvalue weighted by Crippen LogP contribution is 2.33. The van der Waals surface area contributed by atoms with Gasteiger partial charge in [-0.05, 0) is 24.3 Å². The number of ether oxygens (including phenoxy) is 1. The molecule has 0 N–H and O–H groups in total. The monoisotopic (exact) mass is 292 g/mol. The quantitative estimate of drug-likeness (QED) is 0.713. The lowest BCUT2D eigenvalue weighted by molar-refractivity contribution is -0.142. The van der Waals surface area contributed by atoms with Crippen molar-refractivity contribution in [2.24, 2.45) is 0 Å². The van der Waals surface area contributed by atoms with Crippen LogP contribution in [0.3, 0.4) is 0 Å². The van der Waals surface area contributed by atoms with E-state index in [1.165, 1.54) is 25.4 Å². The average molecular weight is 292 g/mol. The summed E-state index contributed by atoms with van der Waals surface area (Å²) in [6.07, 6.45) is -3.06. The van der Waals surface area contributed by atoms with E-state index >= 15 is 0 Å². The molecule has 0 bridgehead atoms. The standard InChI is InChI=1S/C15H11F3N2O/c1-21-12-6-3-2-5-10(12)11-9-20-13(15(16,17)18)7-4-8-14(20)19-11/h2-9H,1H3. The van der Waals surface area contributed by atoms with E-state index < -0.39 is 11.9 Å². The summed E-state index contributed by atoms with van der Waals surface area (Å²) in [4.78, 5) is 4.25. The molecule has 2 aromatic heterocycles. The Morgan fingerprint density at radius 1 is 1.05 bits per heavy atom. The Morgan fingerprint density at radius 3 is 2.52 bits per heavy atom. The molecule has 0 atom stereocenters. The molecule has 3 nitrogen and oxygen atoms in total. The maximum atomic E-state index is 13.0. The van der Waals surface area contributed by atoms with Gasteiger partial charge in [0.2, 0.25) is 0 Å². The number of pyridine rings is 1. The molecule has 3 rings (SSSR count). The van der Waals surface area contributed by atoms with E-state index in [1.807, 2.05) is 0 Å². The number of alkyl halides is 3. The van der Waals surface area contributed by atoms with Crippen molar-refractivity contribution < 1.29 is 17.9 Å². The van der Waals surface area contributed by atoms with E-state index in [9.17, 15) is 13.2 Å². The molecule has 0 aliphatic heterocycles. The Kier molecular flexibility index (Phi) is 3.08. The maximum Gasteiger partial charge on any atom is 0.431 e. The minimum atomic E-state index is -4.43. The third-order valence-electron chi connectivity index (χ3n) is 3.17. The van der Waals surface area contributed by atoms with E-state index in [4.69, 9.17) is 4.74 Å². The molecular weight excluding hydrogens is 281 g/mol. The second-order valence-electron chi connectivity index (χ2n) is 4.46. The van der Waals surface area contributed by atoms with Crippen molar-refractivity contribution >= 4 is 5.65 Å². The van der Waals surface area contributed by atoms with Crippen LogP contribution in [-0.4, -0.2) is 16.5 Å². The minimum Gasteiger partial charge on any atom is -0.496 e. The van der Waals surface area contributed by atoms with Crippen molar-refractivity contribution in [3.63, 3.8) is 0 Å². The van der Waals surface area contributed by atoms with Crippen LogP contribution >= 0.6 is 0 Å². The first-order valence-corrected chi connectivity index (χ1v) is 6.19. The van der Waals surface area contributed by atoms with Crippen LogP contribution < -0.4 is 4.74 Å². The van der Waals surface area contributed by atoms with Gasteiger partial charge in [-0.3, -0.25) is 4.40 Å². The number of methoxy groups -OCH3 is 1. The molecule has 0 amide bonds. The van der Waals surface area contributed by atoms with Crippen molar-refractivity contribution in [2.45, 2.75) is 6.18 Å². The normalized spacial score (nSPS) is 11.8. The lowest BCUT2D eigenvalue weighted by Gasteiger charge is -2.08. The molecular formula is C15H11F3N2O. The summed E-state index contributed by atoms with van der Waals surface area (Å²) in [5, 5.41) is 0. The zero-order valence-corrected chi connectivity index (χ0v) is 11.1. The predicted octanol–water partition coefficient (Wildman–Crippen LogP) is 4.03. The van der Waals surface area contributed by atoms with Gasteiger partial charge in [-0.2, -0.15) is 13.2 Å². The molecule has 0 aliphatic rings. The number of aromatic nitrogens is 2. The van der Waals surface area contributed by atoms with Gasteiger partial charge in [0.05, 0.1) is 12.8 Å². The molecule has 0 unspecified atom stereocenters. The Morgan fingerprint density at radius 2 is 1.81 bits per heavy atom. The van der Waals surface area contributed by atoms with Crippen LogP contribution in [0.15, 0.2) is 48.7 Å². The number of fused-ring (bicyclic) bond motifs is 1. The number of imidazole rings is 1. The third-order valence-corrected chi connectivity index (χ3v) is 3.17. The smallest absolute Gasteiger partial charge is 0.431 e. The van der Waals surface area contributed by atoms with E-state index in [2.05, 4.69) is 4.98 Å². The summed E-state index contributed by atoms with van der Waals surface area (Å²) in [5.41, 5.74) is 0.570. The van der Waals surface area contributed by atoms with Gasteiger partial charge in [0.25, 0.3) is 0 Å². The summed E-state index contributed by atoms with van der Waals surface area (Å²) >= 11 is 0. The first kappa shape index (κ1) is 13.5. The number of nitrogens with zero attached hydrogens (tertiary/aromatic N) is 2. The number of hydrogen-bond donors (Lipinski definition) is 0.